The summed E-state index contributed by atoms with van der Waals surface area (Å²) >= 11 is 1.88. The molecule has 3 rings (SSSR count). The molecule has 2 heterocycles. The Morgan fingerprint density at radius 3 is 2.73 bits per heavy atom. The van der Waals surface area contributed by atoms with Gasteiger partial charge < -0.3 is 9.30 Å². The van der Waals surface area contributed by atoms with E-state index in [1.54, 1.807) is 0 Å². The van der Waals surface area contributed by atoms with Gasteiger partial charge in [-0.15, -0.1) is 0 Å². The lowest BCUT2D eigenvalue weighted by Gasteiger charge is -2.21. The molecule has 1 aliphatic heterocycles. The van der Waals surface area contributed by atoms with Crippen molar-refractivity contribution in [3.63, 3.8) is 0 Å². The molecule has 1 unspecified atom stereocenters. The van der Waals surface area contributed by atoms with Crippen LogP contribution in [0.4, 0.5) is 5.69 Å². The standard InChI is InChI=1S/C17H19N3OS/c1-20-10-6-5-9-16(20)19-17(15-13-22-12-11-21-15)18-14-7-3-2-4-8-14/h2-10,15H,11-13H2,1H3. The highest BCUT2D eigenvalue weighted by molar-refractivity contribution is 7.99. The highest BCUT2D eigenvalue weighted by Gasteiger charge is 2.20. The summed E-state index contributed by atoms with van der Waals surface area (Å²) in [6.45, 7) is 0.750. The lowest BCUT2D eigenvalue weighted by molar-refractivity contribution is 0.120. The average molecular weight is 313 g/mol. The first-order valence-corrected chi connectivity index (χ1v) is 8.48. The van der Waals surface area contributed by atoms with E-state index in [9.17, 15) is 0 Å². The van der Waals surface area contributed by atoms with Gasteiger partial charge in [0.2, 0.25) is 0 Å². The number of amidine groups is 1. The van der Waals surface area contributed by atoms with E-state index >= 15 is 0 Å². The van der Waals surface area contributed by atoms with Crippen molar-refractivity contribution in [3.05, 3.63) is 60.2 Å². The molecule has 4 nitrogen and oxygen atoms in total. The van der Waals surface area contributed by atoms with Crippen LogP contribution in [-0.4, -0.2) is 34.6 Å². The summed E-state index contributed by atoms with van der Waals surface area (Å²) in [5.74, 6) is 2.67. The van der Waals surface area contributed by atoms with Gasteiger partial charge in [0.1, 0.15) is 11.6 Å². The highest BCUT2D eigenvalue weighted by atomic mass is 32.2. The molecule has 0 amide bonds. The Balaban J connectivity index is 2.01. The number of nitrogens with zero attached hydrogens (tertiary/aromatic N) is 3. The lowest BCUT2D eigenvalue weighted by Crippen LogP contribution is -2.32. The zero-order chi connectivity index (χ0) is 15.2. The maximum Gasteiger partial charge on any atom is 0.160 e. The summed E-state index contributed by atoms with van der Waals surface area (Å²) in [5, 5.41) is 0. The molecule has 22 heavy (non-hydrogen) atoms. The maximum atomic E-state index is 5.87. The molecule has 1 aliphatic rings. The number of hydrogen-bond donors (Lipinski definition) is 0. The lowest BCUT2D eigenvalue weighted by atomic mass is 10.3. The van der Waals surface area contributed by atoms with Gasteiger partial charge in [0.15, 0.2) is 5.84 Å². The van der Waals surface area contributed by atoms with Crippen LogP contribution in [0.25, 0.3) is 0 Å². The first-order chi connectivity index (χ1) is 10.8. The average Bonchev–Trinajstić information content (AvgIpc) is 2.58. The molecule has 114 valence electrons. The van der Waals surface area contributed by atoms with E-state index in [1.807, 2.05) is 78.1 Å². The van der Waals surface area contributed by atoms with Crippen LogP contribution in [0, 0.1) is 0 Å². The number of para-hydroxylation sites is 1. The third-order valence-electron chi connectivity index (χ3n) is 3.36. The Morgan fingerprint density at radius 1 is 1.18 bits per heavy atom. The van der Waals surface area contributed by atoms with Gasteiger partial charge in [0, 0.05) is 24.8 Å². The molecule has 0 saturated carbocycles. The fourth-order valence-electron chi connectivity index (χ4n) is 2.19. The molecule has 1 aromatic heterocycles. The summed E-state index contributed by atoms with van der Waals surface area (Å²) in [7, 11) is 1.98. The number of rotatable bonds is 2. The summed E-state index contributed by atoms with van der Waals surface area (Å²) in [6.07, 6.45) is 1.93. The Kier molecular flexibility index (Phi) is 5.08. The molecule has 0 spiro atoms. The first kappa shape index (κ1) is 15.1. The van der Waals surface area contributed by atoms with Crippen molar-refractivity contribution in [2.75, 3.05) is 18.1 Å². The van der Waals surface area contributed by atoms with Gasteiger partial charge in [0.05, 0.1) is 12.3 Å². The van der Waals surface area contributed by atoms with Crippen LogP contribution in [0.1, 0.15) is 0 Å². The number of aliphatic imine (C=N–C) groups is 1. The number of pyridine rings is 1. The molecule has 1 saturated heterocycles. The molecule has 5 heteroatoms. The molecule has 0 radical (unpaired) electrons. The van der Waals surface area contributed by atoms with Gasteiger partial charge in [-0.25, -0.2) is 9.98 Å². The molecule has 0 aliphatic carbocycles. The van der Waals surface area contributed by atoms with Crippen molar-refractivity contribution in [3.8, 4) is 0 Å². The predicted octanol–water partition coefficient (Wildman–Crippen LogP) is 2.79. The van der Waals surface area contributed by atoms with Crippen LogP contribution >= 0.6 is 11.8 Å². The third-order valence-corrected chi connectivity index (χ3v) is 4.35. The normalized spacial score (nSPS) is 20.1. The smallest absolute Gasteiger partial charge is 0.160 e. The van der Waals surface area contributed by atoms with Crippen molar-refractivity contribution in [2.45, 2.75) is 6.10 Å². The molecule has 1 aromatic carbocycles. The van der Waals surface area contributed by atoms with Crippen molar-refractivity contribution in [2.24, 2.45) is 17.0 Å². The van der Waals surface area contributed by atoms with Crippen molar-refractivity contribution in [1.29, 1.82) is 0 Å². The minimum atomic E-state index is -0.0563. The topological polar surface area (TPSA) is 38.9 Å². The monoisotopic (exact) mass is 313 g/mol. The molecule has 1 atom stereocenters. The molecule has 1 fully saturated rings. The minimum Gasteiger partial charge on any atom is -0.368 e. The maximum absolute atomic E-state index is 5.87. The quantitative estimate of drug-likeness (QED) is 0.632. The second-order valence-electron chi connectivity index (χ2n) is 5.02. The van der Waals surface area contributed by atoms with Gasteiger partial charge >= 0.3 is 0 Å². The summed E-state index contributed by atoms with van der Waals surface area (Å²) in [6, 6.07) is 15.9. The van der Waals surface area contributed by atoms with Gasteiger partial charge in [0.25, 0.3) is 0 Å². The van der Waals surface area contributed by atoms with Crippen LogP contribution < -0.4 is 5.49 Å². The summed E-state index contributed by atoms with van der Waals surface area (Å²) in [5.41, 5.74) is 1.77. The number of hydrogen-bond acceptors (Lipinski definition) is 3. The number of aryl methyl sites for hydroxylation is 1. The van der Waals surface area contributed by atoms with E-state index in [1.165, 1.54) is 0 Å². The second kappa shape index (κ2) is 7.42. The van der Waals surface area contributed by atoms with Crippen molar-refractivity contribution >= 4 is 23.3 Å². The molecule has 0 N–H and O–H groups in total. The fraction of sp³-hybridized carbons (Fsp3) is 0.294. The highest BCUT2D eigenvalue weighted by Crippen LogP contribution is 2.18. The van der Waals surface area contributed by atoms with Gasteiger partial charge in [-0.1, -0.05) is 24.3 Å². The van der Waals surface area contributed by atoms with E-state index in [2.05, 4.69) is 0 Å². The van der Waals surface area contributed by atoms with Gasteiger partial charge in [-0.3, -0.25) is 0 Å². The van der Waals surface area contributed by atoms with E-state index in [-0.39, 0.29) is 6.10 Å². The zero-order valence-corrected chi connectivity index (χ0v) is 13.4. The van der Waals surface area contributed by atoms with Crippen LogP contribution in [0.2, 0.25) is 0 Å². The van der Waals surface area contributed by atoms with Crippen molar-refractivity contribution < 1.29 is 4.74 Å². The largest absolute Gasteiger partial charge is 0.368 e. The van der Waals surface area contributed by atoms with Crippen LogP contribution in [0.3, 0.4) is 0 Å². The van der Waals surface area contributed by atoms with Crippen LogP contribution in [0.5, 0.6) is 0 Å². The molecule has 2 aromatic rings. The summed E-state index contributed by atoms with van der Waals surface area (Å²) in [4.78, 5) is 9.47. The van der Waals surface area contributed by atoms with Crippen LogP contribution in [-0.2, 0) is 11.8 Å². The first-order valence-electron chi connectivity index (χ1n) is 7.32. The Bertz CT molecular complexity index is 703. The molecular weight excluding hydrogens is 294 g/mol. The number of aromatic nitrogens is 1. The molecule has 0 bridgehead atoms. The van der Waals surface area contributed by atoms with E-state index in [0.717, 1.165) is 35.1 Å². The SMILES string of the molecule is Cn1ccccc1=NC(=Nc1ccccc1)C1CSCCO1. The fourth-order valence-corrected chi connectivity index (χ4v) is 3.03. The van der Waals surface area contributed by atoms with E-state index in [0.29, 0.717) is 0 Å². The predicted molar refractivity (Wildman–Crippen MR) is 91.6 cm³/mol. The Labute approximate surface area is 134 Å². The third kappa shape index (κ3) is 3.87. The Hall–Kier alpha value is -1.85. The van der Waals surface area contributed by atoms with E-state index in [4.69, 9.17) is 14.7 Å². The van der Waals surface area contributed by atoms with Crippen LogP contribution in [0.15, 0.2) is 64.7 Å². The van der Waals surface area contributed by atoms with E-state index < -0.39 is 0 Å². The summed E-state index contributed by atoms with van der Waals surface area (Å²) < 4.78 is 7.85. The molecular formula is C17H19N3OS. The van der Waals surface area contributed by atoms with Crippen molar-refractivity contribution in [1.82, 2.24) is 4.57 Å². The zero-order valence-electron chi connectivity index (χ0n) is 12.6. The number of ether oxygens (including phenoxy) is 1. The number of thioether (sulfide) groups is 1. The van der Waals surface area contributed by atoms with Gasteiger partial charge in [-0.05, 0) is 24.3 Å². The minimum absolute atomic E-state index is 0.0563. The van der Waals surface area contributed by atoms with Gasteiger partial charge in [-0.2, -0.15) is 11.8 Å². The Morgan fingerprint density at radius 2 is 2.00 bits per heavy atom. The second-order valence-corrected chi connectivity index (χ2v) is 6.17. The number of benzene rings is 1.